The average Bonchev–Trinajstić information content (AvgIpc) is 3.43. The van der Waals surface area contributed by atoms with Gasteiger partial charge in [-0.15, -0.1) is 0 Å². The lowest BCUT2D eigenvalue weighted by molar-refractivity contribution is -0.142. The number of rotatable bonds is 10. The van der Waals surface area contributed by atoms with Crippen LogP contribution in [0.5, 0.6) is 0 Å². The number of benzene rings is 2. The van der Waals surface area contributed by atoms with E-state index in [4.69, 9.17) is 11.3 Å². The normalized spacial score (nSPS) is 25.1. The largest absolute Gasteiger partial charge is 0.469 e. The molecule has 1 aliphatic carbocycles. The molecule has 44 heavy (non-hydrogen) atoms. The van der Waals surface area contributed by atoms with Gasteiger partial charge in [0, 0.05) is 68.1 Å². The molecule has 1 saturated carbocycles. The lowest BCUT2D eigenvalue weighted by atomic mass is 9.63. The summed E-state index contributed by atoms with van der Waals surface area (Å²) >= 11 is 0. The Morgan fingerprint density at radius 1 is 1.09 bits per heavy atom. The summed E-state index contributed by atoms with van der Waals surface area (Å²) in [5, 5.41) is 2.71. The molecule has 0 aromatic heterocycles. The Labute approximate surface area is 260 Å². The van der Waals surface area contributed by atoms with Crippen LogP contribution >= 0.6 is 0 Å². The molecule has 3 atom stereocenters. The van der Waals surface area contributed by atoms with Gasteiger partial charge in [-0.25, -0.2) is 19.4 Å². The standard InChI is InChI=1S/C34H43FN4O4S/c1-36-34(27-6-4-7-28(35)18-27,32-8-3-5-25(32)17-33(40)43-2)26-13-15-38(16-14-26)21-24-22-39(23-24)29-9-11-30(12-10-29)44(41,42)31-19-37-20-31/h4,6-7,9-12,18,24-26,31-32,37H,3,5,8,13-17,19-23H2,2H3/t25-,32+,34-/m1/s1. The lowest BCUT2D eigenvalue weighted by Crippen LogP contribution is -2.53. The molecule has 2 aromatic rings. The summed E-state index contributed by atoms with van der Waals surface area (Å²) in [7, 11) is -1.85. The van der Waals surface area contributed by atoms with Crippen LogP contribution in [0.4, 0.5) is 10.1 Å². The van der Waals surface area contributed by atoms with E-state index in [0.717, 1.165) is 76.1 Å². The number of halogens is 1. The minimum absolute atomic E-state index is 0.00981. The van der Waals surface area contributed by atoms with Crippen LogP contribution in [-0.4, -0.2) is 77.5 Å². The maximum absolute atomic E-state index is 14.6. The van der Waals surface area contributed by atoms with Gasteiger partial charge in [-0.1, -0.05) is 18.6 Å². The second kappa shape index (κ2) is 12.8. The van der Waals surface area contributed by atoms with Crippen LogP contribution in [0.15, 0.2) is 53.4 Å². The Morgan fingerprint density at radius 2 is 1.82 bits per heavy atom. The highest BCUT2D eigenvalue weighted by atomic mass is 32.2. The number of hydrogen-bond acceptors (Lipinski definition) is 7. The van der Waals surface area contributed by atoms with E-state index in [1.807, 2.05) is 18.2 Å². The van der Waals surface area contributed by atoms with Crippen LogP contribution in [0, 0.1) is 36.1 Å². The maximum atomic E-state index is 14.6. The van der Waals surface area contributed by atoms with Crippen molar-refractivity contribution in [2.24, 2.45) is 23.7 Å². The van der Waals surface area contributed by atoms with Gasteiger partial charge in [0.15, 0.2) is 9.84 Å². The second-order valence-corrected chi connectivity index (χ2v) is 15.4. The quantitative estimate of drug-likeness (QED) is 0.308. The fourth-order valence-corrected chi connectivity index (χ4v) is 9.80. The molecule has 8 nitrogen and oxygen atoms in total. The van der Waals surface area contributed by atoms with Gasteiger partial charge in [0.25, 0.3) is 5.54 Å². The topological polar surface area (TPSA) is 83.3 Å². The Bertz CT molecular complexity index is 1480. The minimum Gasteiger partial charge on any atom is -0.469 e. The number of nitrogens with zero attached hydrogens (tertiary/aromatic N) is 3. The van der Waals surface area contributed by atoms with E-state index in [1.54, 1.807) is 24.3 Å². The number of methoxy groups -OCH3 is 1. The monoisotopic (exact) mass is 622 g/mol. The molecule has 4 aliphatic rings. The molecular formula is C34H43FN4O4S. The summed E-state index contributed by atoms with van der Waals surface area (Å²) < 4.78 is 44.9. The molecular weight excluding hydrogens is 579 g/mol. The number of likely N-dealkylation sites (tertiary alicyclic amines) is 1. The van der Waals surface area contributed by atoms with Crippen molar-refractivity contribution in [3.8, 4) is 0 Å². The molecule has 0 amide bonds. The van der Waals surface area contributed by atoms with Crippen molar-refractivity contribution in [3.05, 3.63) is 71.3 Å². The van der Waals surface area contributed by atoms with Crippen molar-refractivity contribution in [1.82, 2.24) is 10.2 Å². The van der Waals surface area contributed by atoms with Gasteiger partial charge in [0.2, 0.25) is 0 Å². The summed E-state index contributed by atoms with van der Waals surface area (Å²) in [6.07, 6.45) is 4.75. The van der Waals surface area contributed by atoms with Gasteiger partial charge in [-0.3, -0.25) is 4.79 Å². The van der Waals surface area contributed by atoms with Crippen LogP contribution in [-0.2, 0) is 24.9 Å². The summed E-state index contributed by atoms with van der Waals surface area (Å²) in [4.78, 5) is 21.9. The van der Waals surface area contributed by atoms with Crippen LogP contribution in [0.2, 0.25) is 0 Å². The Morgan fingerprint density at radius 3 is 2.43 bits per heavy atom. The van der Waals surface area contributed by atoms with Gasteiger partial charge in [-0.05, 0) is 81.1 Å². The van der Waals surface area contributed by atoms with E-state index < -0.39 is 15.4 Å². The summed E-state index contributed by atoms with van der Waals surface area (Å²) in [6, 6.07) is 13.9. The number of esters is 1. The smallest absolute Gasteiger partial charge is 0.305 e. The van der Waals surface area contributed by atoms with Crippen molar-refractivity contribution in [1.29, 1.82) is 0 Å². The first-order chi connectivity index (χ1) is 21.2. The zero-order chi connectivity index (χ0) is 30.9. The molecule has 2 aromatic carbocycles. The third-order valence-corrected chi connectivity index (χ3v) is 12.9. The van der Waals surface area contributed by atoms with Crippen molar-refractivity contribution in [3.63, 3.8) is 0 Å². The molecule has 3 aliphatic heterocycles. The van der Waals surface area contributed by atoms with Crippen LogP contribution in [0.3, 0.4) is 0 Å². The van der Waals surface area contributed by atoms with E-state index in [1.165, 1.54) is 13.2 Å². The fraction of sp³-hybridized carbons (Fsp3) is 0.588. The molecule has 0 radical (unpaired) electrons. The number of ether oxygens (including phenoxy) is 1. The highest BCUT2D eigenvalue weighted by Gasteiger charge is 2.58. The van der Waals surface area contributed by atoms with Gasteiger partial charge in [0.1, 0.15) is 5.82 Å². The number of carbonyl (C=O) groups excluding carboxylic acids is 1. The van der Waals surface area contributed by atoms with E-state index in [0.29, 0.717) is 30.3 Å². The second-order valence-electron chi connectivity index (χ2n) is 13.2. The average molecular weight is 623 g/mol. The first-order valence-corrected chi connectivity index (χ1v) is 17.5. The Kier molecular flexibility index (Phi) is 9.00. The lowest BCUT2D eigenvalue weighted by Gasteiger charge is -2.46. The van der Waals surface area contributed by atoms with Crippen molar-refractivity contribution < 1.29 is 22.3 Å². The van der Waals surface area contributed by atoms with E-state index >= 15 is 0 Å². The van der Waals surface area contributed by atoms with Crippen LogP contribution in [0.25, 0.3) is 4.85 Å². The third kappa shape index (κ3) is 5.86. The number of piperidine rings is 1. The Balaban J connectivity index is 1.08. The highest BCUT2D eigenvalue weighted by Crippen LogP contribution is 2.54. The highest BCUT2D eigenvalue weighted by molar-refractivity contribution is 7.92. The van der Waals surface area contributed by atoms with E-state index in [-0.39, 0.29) is 34.8 Å². The number of sulfone groups is 1. The molecule has 236 valence electrons. The Hall–Kier alpha value is -3.00. The first-order valence-electron chi connectivity index (χ1n) is 16.0. The van der Waals surface area contributed by atoms with Crippen molar-refractivity contribution >= 4 is 21.5 Å². The van der Waals surface area contributed by atoms with Crippen LogP contribution in [0.1, 0.15) is 44.1 Å². The predicted octanol–water partition coefficient (Wildman–Crippen LogP) is 4.51. The molecule has 0 bridgehead atoms. The molecule has 6 rings (SSSR count). The molecule has 0 spiro atoms. The molecule has 0 unspecified atom stereocenters. The van der Waals surface area contributed by atoms with E-state index in [9.17, 15) is 17.6 Å². The van der Waals surface area contributed by atoms with Gasteiger partial charge < -0.3 is 24.7 Å². The minimum atomic E-state index is -3.26. The van der Waals surface area contributed by atoms with Gasteiger partial charge >= 0.3 is 5.97 Å². The first kappa shape index (κ1) is 31.0. The molecule has 3 saturated heterocycles. The number of anilines is 1. The van der Waals surface area contributed by atoms with Gasteiger partial charge in [0.05, 0.1) is 17.3 Å². The molecule has 1 N–H and O–H groups in total. The SMILES string of the molecule is [C-]#[N+][C@@](c1cccc(F)c1)(C1CCN(CC2CN(c3ccc(S(=O)(=O)C4CNC4)cc3)C2)CC1)[C@H]1CCC[C@@H]1CC(=O)OC. The fourth-order valence-electron chi connectivity index (χ4n) is 8.22. The van der Waals surface area contributed by atoms with Crippen molar-refractivity contribution in [2.45, 2.75) is 54.2 Å². The molecule has 3 heterocycles. The summed E-state index contributed by atoms with van der Waals surface area (Å²) in [6.45, 7) is 14.2. The number of nitrogens with one attached hydrogen (secondary N) is 1. The number of carbonyl (C=O) groups is 1. The predicted molar refractivity (Wildman–Crippen MR) is 167 cm³/mol. The van der Waals surface area contributed by atoms with Crippen molar-refractivity contribution in [2.75, 3.05) is 57.8 Å². The molecule has 10 heteroatoms. The maximum Gasteiger partial charge on any atom is 0.305 e. The van der Waals surface area contributed by atoms with Crippen LogP contribution < -0.4 is 10.2 Å². The van der Waals surface area contributed by atoms with E-state index in [2.05, 4.69) is 20.0 Å². The molecule has 4 fully saturated rings. The van der Waals surface area contributed by atoms with Gasteiger partial charge in [-0.2, -0.15) is 0 Å². The summed E-state index contributed by atoms with van der Waals surface area (Å²) in [5.41, 5.74) is 0.956. The third-order valence-electron chi connectivity index (χ3n) is 10.7. The summed E-state index contributed by atoms with van der Waals surface area (Å²) in [5.74, 6) is 0.106. The zero-order valence-electron chi connectivity index (χ0n) is 25.5. The number of hydrogen-bond donors (Lipinski definition) is 1. The zero-order valence-corrected chi connectivity index (χ0v) is 26.3.